The van der Waals surface area contributed by atoms with Crippen LogP contribution < -0.4 is 10.2 Å². The van der Waals surface area contributed by atoms with Crippen LogP contribution >= 0.6 is 11.6 Å². The van der Waals surface area contributed by atoms with E-state index in [9.17, 15) is 4.79 Å². The Kier molecular flexibility index (Phi) is 5.03. The molecule has 2 heterocycles. The molecule has 6 heteroatoms. The van der Waals surface area contributed by atoms with Crippen molar-refractivity contribution in [3.8, 4) is 0 Å². The number of nitrogens with one attached hydrogen (secondary N) is 1. The van der Waals surface area contributed by atoms with Crippen molar-refractivity contribution in [2.75, 3.05) is 11.4 Å². The van der Waals surface area contributed by atoms with Crippen LogP contribution in [-0.4, -0.2) is 22.4 Å². The lowest BCUT2D eigenvalue weighted by atomic mass is 10.0. The number of para-hydroxylation sites is 1. The van der Waals surface area contributed by atoms with Gasteiger partial charge < -0.3 is 10.2 Å². The third-order valence-electron chi connectivity index (χ3n) is 4.68. The number of rotatable bonds is 4. The number of benzene rings is 2. The van der Waals surface area contributed by atoms with Crippen molar-refractivity contribution < 1.29 is 4.79 Å². The van der Waals surface area contributed by atoms with Gasteiger partial charge in [0.2, 0.25) is 0 Å². The van der Waals surface area contributed by atoms with Crippen molar-refractivity contribution in [3.63, 3.8) is 0 Å². The van der Waals surface area contributed by atoms with Crippen LogP contribution in [0.2, 0.25) is 5.15 Å². The monoisotopic (exact) mass is 378 g/mol. The summed E-state index contributed by atoms with van der Waals surface area (Å²) in [4.78, 5) is 22.2. The second-order valence-corrected chi connectivity index (χ2v) is 6.85. The predicted molar refractivity (Wildman–Crippen MR) is 106 cm³/mol. The molecule has 0 saturated heterocycles. The summed E-state index contributed by atoms with van der Waals surface area (Å²) in [6, 6.07) is 18.3. The molecule has 0 unspecified atom stereocenters. The fourth-order valence-corrected chi connectivity index (χ4v) is 3.47. The molecular formula is C21H19ClN4O. The average molecular weight is 379 g/mol. The Morgan fingerprint density at radius 3 is 2.74 bits per heavy atom. The van der Waals surface area contributed by atoms with E-state index in [0.717, 1.165) is 24.9 Å². The minimum absolute atomic E-state index is 0.251. The molecule has 1 N–H and O–H groups in total. The fourth-order valence-electron chi connectivity index (χ4n) is 3.33. The van der Waals surface area contributed by atoms with Gasteiger partial charge in [-0.15, -0.1) is 0 Å². The fraction of sp³-hybridized carbons (Fsp3) is 0.190. The van der Waals surface area contributed by atoms with Crippen LogP contribution in [0.5, 0.6) is 0 Å². The smallest absolute Gasteiger partial charge is 0.270 e. The number of fused-ring (bicyclic) bond motifs is 1. The summed E-state index contributed by atoms with van der Waals surface area (Å²) in [6.45, 7) is 1.44. The van der Waals surface area contributed by atoms with Gasteiger partial charge in [-0.05, 0) is 42.2 Å². The summed E-state index contributed by atoms with van der Waals surface area (Å²) in [5.74, 6) is -0.270. The Balaban J connectivity index is 1.43. The lowest BCUT2D eigenvalue weighted by molar-refractivity contribution is 0.0945. The van der Waals surface area contributed by atoms with Crippen molar-refractivity contribution in [2.24, 2.45) is 0 Å². The molecule has 0 atom stereocenters. The van der Waals surface area contributed by atoms with Gasteiger partial charge in [0.15, 0.2) is 0 Å². The zero-order valence-corrected chi connectivity index (χ0v) is 15.5. The highest BCUT2D eigenvalue weighted by Crippen LogP contribution is 2.33. The third kappa shape index (κ3) is 3.93. The quantitative estimate of drug-likeness (QED) is 0.693. The number of halogens is 1. The van der Waals surface area contributed by atoms with Crippen LogP contribution in [0.1, 0.15) is 28.0 Å². The van der Waals surface area contributed by atoms with E-state index in [1.165, 1.54) is 29.3 Å². The summed E-state index contributed by atoms with van der Waals surface area (Å²) >= 11 is 5.80. The number of aromatic nitrogens is 2. The van der Waals surface area contributed by atoms with E-state index in [0.29, 0.717) is 6.54 Å². The molecule has 3 aromatic rings. The molecule has 27 heavy (non-hydrogen) atoms. The Hall–Kier alpha value is -2.92. The highest BCUT2D eigenvalue weighted by Gasteiger charge is 2.17. The molecule has 0 saturated carbocycles. The first-order valence-electron chi connectivity index (χ1n) is 8.91. The predicted octanol–water partition coefficient (Wildman–Crippen LogP) is 4.14. The number of hydrogen-bond acceptors (Lipinski definition) is 4. The van der Waals surface area contributed by atoms with Gasteiger partial charge in [0.1, 0.15) is 17.2 Å². The van der Waals surface area contributed by atoms with E-state index in [-0.39, 0.29) is 16.8 Å². The number of amides is 1. The van der Waals surface area contributed by atoms with Crippen LogP contribution in [0.25, 0.3) is 0 Å². The summed E-state index contributed by atoms with van der Waals surface area (Å²) in [5, 5.41) is 3.11. The number of carbonyl (C=O) groups excluding carboxylic acids is 1. The van der Waals surface area contributed by atoms with Crippen molar-refractivity contribution in [3.05, 3.63) is 82.9 Å². The van der Waals surface area contributed by atoms with Crippen molar-refractivity contribution in [1.82, 2.24) is 15.3 Å². The van der Waals surface area contributed by atoms with Crippen molar-refractivity contribution >= 4 is 28.9 Å². The Bertz CT molecular complexity index is 958. The van der Waals surface area contributed by atoms with E-state index in [2.05, 4.69) is 56.6 Å². The molecule has 1 aliphatic heterocycles. The molecule has 1 aromatic heterocycles. The number of carbonyl (C=O) groups is 1. The zero-order valence-electron chi connectivity index (χ0n) is 14.7. The molecule has 0 bridgehead atoms. The second-order valence-electron chi connectivity index (χ2n) is 6.46. The molecule has 0 fully saturated rings. The van der Waals surface area contributed by atoms with Gasteiger partial charge in [0.05, 0.1) is 0 Å². The molecular weight excluding hydrogens is 360 g/mol. The highest BCUT2D eigenvalue weighted by molar-refractivity contribution is 6.29. The molecule has 136 valence electrons. The third-order valence-corrected chi connectivity index (χ3v) is 4.88. The van der Waals surface area contributed by atoms with E-state index in [1.54, 1.807) is 0 Å². The molecule has 0 spiro atoms. The molecule has 0 radical (unpaired) electrons. The van der Waals surface area contributed by atoms with Gasteiger partial charge in [-0.2, -0.15) is 0 Å². The summed E-state index contributed by atoms with van der Waals surface area (Å²) in [6.07, 6.45) is 3.56. The van der Waals surface area contributed by atoms with Crippen LogP contribution in [0.4, 0.5) is 11.4 Å². The standard InChI is InChI=1S/C21H19ClN4O/c22-20-12-18(24-14-25-20)21(27)23-13-15-7-9-17(10-8-15)26-11-3-5-16-4-1-2-6-19(16)26/h1-2,4,6-10,12,14H,3,5,11,13H2,(H,23,27). The number of hydrogen-bond donors (Lipinski definition) is 1. The van der Waals surface area contributed by atoms with Gasteiger partial charge >= 0.3 is 0 Å². The topological polar surface area (TPSA) is 58.1 Å². The maximum Gasteiger partial charge on any atom is 0.270 e. The molecule has 5 nitrogen and oxygen atoms in total. The largest absolute Gasteiger partial charge is 0.347 e. The summed E-state index contributed by atoms with van der Waals surface area (Å²) < 4.78 is 0. The van der Waals surface area contributed by atoms with E-state index >= 15 is 0 Å². The lowest BCUT2D eigenvalue weighted by Gasteiger charge is -2.31. The first kappa shape index (κ1) is 17.5. The summed E-state index contributed by atoms with van der Waals surface area (Å²) in [7, 11) is 0. The number of nitrogens with zero attached hydrogens (tertiary/aromatic N) is 3. The van der Waals surface area contributed by atoms with E-state index in [4.69, 9.17) is 11.6 Å². The van der Waals surface area contributed by atoms with Gasteiger partial charge in [-0.25, -0.2) is 9.97 Å². The normalized spacial score (nSPS) is 13.1. The van der Waals surface area contributed by atoms with Gasteiger partial charge in [-0.3, -0.25) is 4.79 Å². The maximum absolute atomic E-state index is 12.2. The van der Waals surface area contributed by atoms with Gasteiger partial charge in [0.25, 0.3) is 5.91 Å². The average Bonchev–Trinajstić information content (AvgIpc) is 2.72. The van der Waals surface area contributed by atoms with Crippen LogP contribution in [0.3, 0.4) is 0 Å². The molecule has 1 aliphatic rings. The summed E-state index contributed by atoms with van der Waals surface area (Å²) in [5.41, 5.74) is 5.13. The molecule has 4 rings (SSSR count). The molecule has 0 aliphatic carbocycles. The Labute approximate surface area is 163 Å². The first-order valence-corrected chi connectivity index (χ1v) is 9.28. The van der Waals surface area contributed by atoms with Crippen LogP contribution in [0, 0.1) is 0 Å². The minimum Gasteiger partial charge on any atom is -0.347 e. The first-order chi connectivity index (χ1) is 13.2. The Morgan fingerprint density at radius 1 is 1.11 bits per heavy atom. The van der Waals surface area contributed by atoms with Crippen LogP contribution in [0.15, 0.2) is 60.9 Å². The van der Waals surface area contributed by atoms with E-state index in [1.807, 2.05) is 12.1 Å². The van der Waals surface area contributed by atoms with E-state index < -0.39 is 0 Å². The highest BCUT2D eigenvalue weighted by atomic mass is 35.5. The van der Waals surface area contributed by atoms with Crippen LogP contribution in [-0.2, 0) is 13.0 Å². The van der Waals surface area contributed by atoms with Gasteiger partial charge in [-0.1, -0.05) is 41.9 Å². The maximum atomic E-state index is 12.2. The lowest BCUT2D eigenvalue weighted by Crippen LogP contribution is -2.25. The second kappa shape index (κ2) is 7.76. The number of anilines is 2. The minimum atomic E-state index is -0.270. The van der Waals surface area contributed by atoms with Crippen molar-refractivity contribution in [1.29, 1.82) is 0 Å². The Morgan fingerprint density at radius 2 is 1.93 bits per heavy atom. The number of aryl methyl sites for hydroxylation is 1. The van der Waals surface area contributed by atoms with Gasteiger partial charge in [0, 0.05) is 30.5 Å². The van der Waals surface area contributed by atoms with Crippen molar-refractivity contribution in [2.45, 2.75) is 19.4 Å². The SMILES string of the molecule is O=C(NCc1ccc(N2CCCc3ccccc32)cc1)c1cc(Cl)ncn1. The zero-order chi connectivity index (χ0) is 18.6. The molecule has 1 amide bonds. The molecule has 2 aromatic carbocycles.